The van der Waals surface area contributed by atoms with Gasteiger partial charge in [0.25, 0.3) is 0 Å². The second kappa shape index (κ2) is 5.16. The molecule has 1 atom stereocenters. The molecule has 106 valence electrons. The minimum absolute atomic E-state index is 0.0805. The van der Waals surface area contributed by atoms with E-state index in [1.165, 1.54) is 24.0 Å². The van der Waals surface area contributed by atoms with Crippen molar-refractivity contribution in [2.24, 2.45) is 11.1 Å². The fourth-order valence-corrected chi connectivity index (χ4v) is 3.62. The molecule has 0 radical (unpaired) electrons. The Morgan fingerprint density at radius 3 is 2.63 bits per heavy atom. The van der Waals surface area contributed by atoms with Gasteiger partial charge in [-0.2, -0.15) is 0 Å². The van der Waals surface area contributed by atoms with Crippen LogP contribution < -0.4 is 10.5 Å². The van der Waals surface area contributed by atoms with Crippen molar-refractivity contribution in [2.75, 3.05) is 7.11 Å². The molecule has 0 saturated heterocycles. The SMILES string of the molecule is COc1ccc(C)cc1CC1(N)CCCC(C)(C)C1. The Labute approximate surface area is 117 Å². The van der Waals surface area contributed by atoms with Gasteiger partial charge in [0.1, 0.15) is 5.75 Å². The summed E-state index contributed by atoms with van der Waals surface area (Å²) in [7, 11) is 1.74. The number of ether oxygens (including phenoxy) is 1. The first-order valence-electron chi connectivity index (χ1n) is 7.26. The first kappa shape index (κ1) is 14.4. The molecule has 2 N–H and O–H groups in total. The first-order valence-corrected chi connectivity index (χ1v) is 7.26. The Morgan fingerprint density at radius 1 is 1.26 bits per heavy atom. The first-order chi connectivity index (χ1) is 8.84. The van der Waals surface area contributed by atoms with E-state index in [-0.39, 0.29) is 5.54 Å². The van der Waals surface area contributed by atoms with Crippen LogP contribution in [0.1, 0.15) is 50.7 Å². The van der Waals surface area contributed by atoms with E-state index in [1.807, 2.05) is 0 Å². The van der Waals surface area contributed by atoms with E-state index in [0.717, 1.165) is 25.0 Å². The van der Waals surface area contributed by atoms with Crippen molar-refractivity contribution in [3.05, 3.63) is 29.3 Å². The molecular weight excluding hydrogens is 234 g/mol. The number of hydrogen-bond donors (Lipinski definition) is 1. The smallest absolute Gasteiger partial charge is 0.122 e. The molecule has 2 heteroatoms. The van der Waals surface area contributed by atoms with Crippen LogP contribution in [-0.2, 0) is 6.42 Å². The molecule has 1 unspecified atom stereocenters. The molecule has 19 heavy (non-hydrogen) atoms. The van der Waals surface area contributed by atoms with Gasteiger partial charge in [-0.25, -0.2) is 0 Å². The Morgan fingerprint density at radius 2 is 2.00 bits per heavy atom. The van der Waals surface area contributed by atoms with Crippen LogP contribution in [0.5, 0.6) is 5.75 Å². The minimum Gasteiger partial charge on any atom is -0.496 e. The summed E-state index contributed by atoms with van der Waals surface area (Å²) < 4.78 is 5.48. The van der Waals surface area contributed by atoms with Crippen molar-refractivity contribution in [3.8, 4) is 5.75 Å². The van der Waals surface area contributed by atoms with E-state index >= 15 is 0 Å². The largest absolute Gasteiger partial charge is 0.496 e. The van der Waals surface area contributed by atoms with E-state index in [2.05, 4.69) is 39.0 Å². The van der Waals surface area contributed by atoms with Gasteiger partial charge in [-0.05, 0) is 49.7 Å². The van der Waals surface area contributed by atoms with Crippen molar-refractivity contribution < 1.29 is 4.74 Å². The van der Waals surface area contributed by atoms with Crippen LogP contribution >= 0.6 is 0 Å². The fourth-order valence-electron chi connectivity index (χ4n) is 3.62. The van der Waals surface area contributed by atoms with E-state index in [9.17, 15) is 0 Å². The molecule has 1 aromatic carbocycles. The van der Waals surface area contributed by atoms with E-state index in [4.69, 9.17) is 10.5 Å². The van der Waals surface area contributed by atoms with Crippen LogP contribution in [0.25, 0.3) is 0 Å². The lowest BCUT2D eigenvalue weighted by atomic mass is 9.66. The normalized spacial score (nSPS) is 26.2. The van der Waals surface area contributed by atoms with E-state index in [0.29, 0.717) is 5.41 Å². The molecule has 0 aromatic heterocycles. The zero-order valence-electron chi connectivity index (χ0n) is 12.8. The Bertz CT molecular complexity index is 453. The number of hydrogen-bond acceptors (Lipinski definition) is 2. The summed E-state index contributed by atoms with van der Waals surface area (Å²) in [6, 6.07) is 6.37. The molecule has 0 spiro atoms. The Hall–Kier alpha value is -1.02. The molecule has 0 aliphatic heterocycles. The average Bonchev–Trinajstić information content (AvgIpc) is 2.26. The average molecular weight is 261 g/mol. The Balaban J connectivity index is 2.22. The van der Waals surface area contributed by atoms with Gasteiger partial charge < -0.3 is 10.5 Å². The second-order valence-corrected chi connectivity index (χ2v) is 7.05. The highest BCUT2D eigenvalue weighted by Crippen LogP contribution is 2.42. The van der Waals surface area contributed by atoms with Crippen molar-refractivity contribution in [2.45, 2.75) is 58.4 Å². The summed E-state index contributed by atoms with van der Waals surface area (Å²) in [6.45, 7) is 6.79. The highest BCUT2D eigenvalue weighted by Gasteiger charge is 2.37. The van der Waals surface area contributed by atoms with Crippen molar-refractivity contribution in [3.63, 3.8) is 0 Å². The summed E-state index contributed by atoms with van der Waals surface area (Å²) in [5.41, 5.74) is 9.49. The van der Waals surface area contributed by atoms with E-state index < -0.39 is 0 Å². The zero-order valence-corrected chi connectivity index (χ0v) is 12.8. The lowest BCUT2D eigenvalue weighted by Crippen LogP contribution is -2.48. The molecule has 0 bridgehead atoms. The van der Waals surface area contributed by atoms with Gasteiger partial charge in [0.15, 0.2) is 0 Å². The molecular formula is C17H27NO. The summed E-state index contributed by atoms with van der Waals surface area (Å²) in [5.74, 6) is 0.971. The summed E-state index contributed by atoms with van der Waals surface area (Å²) in [5, 5.41) is 0. The van der Waals surface area contributed by atoms with Gasteiger partial charge in [-0.15, -0.1) is 0 Å². The maximum atomic E-state index is 6.68. The van der Waals surface area contributed by atoms with Gasteiger partial charge >= 0.3 is 0 Å². The number of rotatable bonds is 3. The lowest BCUT2D eigenvalue weighted by molar-refractivity contribution is 0.150. The molecule has 1 aromatic rings. The molecule has 1 saturated carbocycles. The quantitative estimate of drug-likeness (QED) is 0.897. The Kier molecular flexibility index (Phi) is 3.91. The van der Waals surface area contributed by atoms with Gasteiger partial charge in [-0.3, -0.25) is 0 Å². The third-order valence-corrected chi connectivity index (χ3v) is 4.34. The van der Waals surface area contributed by atoms with Gasteiger partial charge in [-0.1, -0.05) is 38.0 Å². The summed E-state index contributed by atoms with van der Waals surface area (Å²) >= 11 is 0. The molecule has 0 amide bonds. The van der Waals surface area contributed by atoms with Crippen molar-refractivity contribution in [1.82, 2.24) is 0 Å². The molecule has 2 rings (SSSR count). The molecule has 1 aliphatic carbocycles. The number of nitrogens with two attached hydrogens (primary N) is 1. The molecule has 2 nitrogen and oxygen atoms in total. The number of aryl methyl sites for hydroxylation is 1. The molecule has 1 fully saturated rings. The highest BCUT2D eigenvalue weighted by molar-refractivity contribution is 5.38. The third-order valence-electron chi connectivity index (χ3n) is 4.34. The van der Waals surface area contributed by atoms with Crippen LogP contribution in [0.3, 0.4) is 0 Å². The lowest BCUT2D eigenvalue weighted by Gasteiger charge is -2.43. The fraction of sp³-hybridized carbons (Fsp3) is 0.647. The topological polar surface area (TPSA) is 35.2 Å². The van der Waals surface area contributed by atoms with Crippen LogP contribution in [0.15, 0.2) is 18.2 Å². The molecule has 0 heterocycles. The monoisotopic (exact) mass is 261 g/mol. The van der Waals surface area contributed by atoms with Crippen molar-refractivity contribution >= 4 is 0 Å². The summed E-state index contributed by atoms with van der Waals surface area (Å²) in [6.07, 6.45) is 5.65. The minimum atomic E-state index is -0.0805. The van der Waals surface area contributed by atoms with E-state index in [1.54, 1.807) is 7.11 Å². The van der Waals surface area contributed by atoms with Gasteiger partial charge in [0.2, 0.25) is 0 Å². The van der Waals surface area contributed by atoms with Crippen molar-refractivity contribution in [1.29, 1.82) is 0 Å². The standard InChI is InChI=1S/C17H27NO/c1-13-6-7-15(19-4)14(10-13)11-17(18)9-5-8-16(2,3)12-17/h6-7,10H,5,8-9,11-12,18H2,1-4H3. The van der Waals surface area contributed by atoms with Crippen LogP contribution in [0.4, 0.5) is 0 Å². The predicted octanol–water partition coefficient (Wildman–Crippen LogP) is 3.84. The third kappa shape index (κ3) is 3.50. The van der Waals surface area contributed by atoms with Crippen LogP contribution in [0.2, 0.25) is 0 Å². The summed E-state index contributed by atoms with van der Waals surface area (Å²) in [4.78, 5) is 0. The van der Waals surface area contributed by atoms with Gasteiger partial charge in [0, 0.05) is 5.54 Å². The zero-order chi connectivity index (χ0) is 14.1. The maximum absolute atomic E-state index is 6.68. The number of methoxy groups -OCH3 is 1. The second-order valence-electron chi connectivity index (χ2n) is 7.05. The van der Waals surface area contributed by atoms with Crippen LogP contribution in [0, 0.1) is 12.3 Å². The van der Waals surface area contributed by atoms with Crippen LogP contribution in [-0.4, -0.2) is 12.6 Å². The maximum Gasteiger partial charge on any atom is 0.122 e. The number of benzene rings is 1. The highest BCUT2D eigenvalue weighted by atomic mass is 16.5. The predicted molar refractivity (Wildman–Crippen MR) is 80.6 cm³/mol. The van der Waals surface area contributed by atoms with Gasteiger partial charge in [0.05, 0.1) is 7.11 Å². The molecule has 1 aliphatic rings.